The Hall–Kier alpha value is -1.32. The van der Waals surface area contributed by atoms with Gasteiger partial charge in [0.15, 0.2) is 0 Å². The van der Waals surface area contributed by atoms with Gasteiger partial charge in [-0.3, -0.25) is 0 Å². The summed E-state index contributed by atoms with van der Waals surface area (Å²) in [7, 11) is 0. The van der Waals surface area contributed by atoms with E-state index in [9.17, 15) is 0 Å². The van der Waals surface area contributed by atoms with E-state index in [0.717, 1.165) is 24.7 Å². The zero-order valence-corrected chi connectivity index (χ0v) is 12.5. The van der Waals surface area contributed by atoms with Crippen molar-refractivity contribution in [2.75, 3.05) is 23.7 Å². The molecule has 0 radical (unpaired) electrons. The molecular weight excluding hydrogens is 224 g/mol. The lowest BCUT2D eigenvalue weighted by molar-refractivity contribution is 0.442. The van der Waals surface area contributed by atoms with Crippen LogP contribution in [-0.4, -0.2) is 23.1 Å². The summed E-state index contributed by atoms with van der Waals surface area (Å²) in [6.45, 7) is 14.8. The summed E-state index contributed by atoms with van der Waals surface area (Å²) >= 11 is 0. The maximum Gasteiger partial charge on any atom is 0.135 e. The number of anilines is 2. The van der Waals surface area contributed by atoms with Crippen molar-refractivity contribution in [3.05, 3.63) is 11.9 Å². The number of nitrogens with one attached hydrogen (secondary N) is 2. The van der Waals surface area contributed by atoms with Crippen LogP contribution in [-0.2, 0) is 0 Å². The molecule has 0 spiro atoms. The van der Waals surface area contributed by atoms with Crippen LogP contribution >= 0.6 is 0 Å². The molecule has 0 aliphatic heterocycles. The van der Waals surface area contributed by atoms with Crippen LogP contribution in [0.5, 0.6) is 0 Å². The Labute approximate surface area is 111 Å². The van der Waals surface area contributed by atoms with Crippen molar-refractivity contribution in [2.45, 2.75) is 47.5 Å². The van der Waals surface area contributed by atoms with Crippen LogP contribution in [0.15, 0.2) is 6.33 Å². The predicted molar refractivity (Wildman–Crippen MR) is 78.2 cm³/mol. The highest BCUT2D eigenvalue weighted by atomic mass is 15.1. The fourth-order valence-corrected chi connectivity index (χ4v) is 1.74. The average Bonchev–Trinajstić information content (AvgIpc) is 2.25. The molecule has 2 N–H and O–H groups in total. The first-order valence-electron chi connectivity index (χ1n) is 6.67. The Morgan fingerprint density at radius 2 is 1.67 bits per heavy atom. The lowest BCUT2D eigenvalue weighted by Crippen LogP contribution is -2.21. The molecule has 18 heavy (non-hydrogen) atoms. The van der Waals surface area contributed by atoms with Gasteiger partial charge >= 0.3 is 0 Å². The molecule has 0 aromatic carbocycles. The second-order valence-electron chi connectivity index (χ2n) is 6.08. The van der Waals surface area contributed by atoms with E-state index in [0.29, 0.717) is 5.92 Å². The largest absolute Gasteiger partial charge is 0.370 e. The van der Waals surface area contributed by atoms with Crippen molar-refractivity contribution in [3.63, 3.8) is 0 Å². The third-order valence-corrected chi connectivity index (χ3v) is 2.59. The van der Waals surface area contributed by atoms with Crippen molar-refractivity contribution in [2.24, 2.45) is 5.41 Å². The first-order chi connectivity index (χ1) is 8.35. The average molecular weight is 250 g/mol. The third kappa shape index (κ3) is 4.17. The number of hydrogen-bond donors (Lipinski definition) is 2. The Morgan fingerprint density at radius 3 is 2.11 bits per heavy atom. The van der Waals surface area contributed by atoms with Gasteiger partial charge in [-0.2, -0.15) is 0 Å². The van der Waals surface area contributed by atoms with Gasteiger partial charge in [0.05, 0.1) is 0 Å². The van der Waals surface area contributed by atoms with Gasteiger partial charge in [0, 0.05) is 18.7 Å². The highest BCUT2D eigenvalue weighted by Crippen LogP contribution is 2.28. The highest BCUT2D eigenvalue weighted by Gasteiger charge is 2.16. The first-order valence-corrected chi connectivity index (χ1v) is 6.67. The SMILES string of the molecule is CCNc1ncnc(NCC(C)(C)C)c1C(C)C. The third-order valence-electron chi connectivity index (χ3n) is 2.59. The van der Waals surface area contributed by atoms with E-state index in [-0.39, 0.29) is 5.41 Å². The van der Waals surface area contributed by atoms with Crippen LogP contribution in [0.4, 0.5) is 11.6 Å². The molecule has 0 saturated carbocycles. The number of hydrogen-bond acceptors (Lipinski definition) is 4. The van der Waals surface area contributed by atoms with E-state index in [1.807, 2.05) is 0 Å². The van der Waals surface area contributed by atoms with Gasteiger partial charge in [0.25, 0.3) is 0 Å². The molecule has 1 rings (SSSR count). The number of nitrogens with zero attached hydrogens (tertiary/aromatic N) is 2. The summed E-state index contributed by atoms with van der Waals surface area (Å²) in [5.74, 6) is 2.28. The molecule has 4 heteroatoms. The molecule has 0 atom stereocenters. The van der Waals surface area contributed by atoms with E-state index < -0.39 is 0 Å². The molecule has 1 aromatic heterocycles. The summed E-state index contributed by atoms with van der Waals surface area (Å²) in [4.78, 5) is 8.72. The van der Waals surface area contributed by atoms with E-state index in [4.69, 9.17) is 0 Å². The molecule has 0 amide bonds. The quantitative estimate of drug-likeness (QED) is 0.840. The maximum absolute atomic E-state index is 4.38. The molecular formula is C14H26N4. The fourth-order valence-electron chi connectivity index (χ4n) is 1.74. The van der Waals surface area contributed by atoms with Crippen molar-refractivity contribution in [3.8, 4) is 0 Å². The Balaban J connectivity index is 2.99. The van der Waals surface area contributed by atoms with Gasteiger partial charge in [-0.25, -0.2) is 9.97 Å². The molecule has 0 saturated heterocycles. The van der Waals surface area contributed by atoms with E-state index in [1.165, 1.54) is 5.56 Å². The Morgan fingerprint density at radius 1 is 1.11 bits per heavy atom. The van der Waals surface area contributed by atoms with Crippen molar-refractivity contribution < 1.29 is 0 Å². The molecule has 1 heterocycles. The van der Waals surface area contributed by atoms with Crippen LogP contribution in [0.3, 0.4) is 0 Å². The smallest absolute Gasteiger partial charge is 0.135 e. The standard InChI is InChI=1S/C14H26N4/c1-7-15-12-11(10(2)3)13(18-9-17-12)16-8-14(4,5)6/h9-10H,7-8H2,1-6H3,(H2,15,16,17,18). The first kappa shape index (κ1) is 14.7. The van der Waals surface area contributed by atoms with E-state index in [1.54, 1.807) is 6.33 Å². The van der Waals surface area contributed by atoms with Crippen molar-refractivity contribution >= 4 is 11.6 Å². The zero-order valence-electron chi connectivity index (χ0n) is 12.5. The summed E-state index contributed by atoms with van der Waals surface area (Å²) in [6.07, 6.45) is 1.62. The molecule has 102 valence electrons. The molecule has 0 bridgehead atoms. The van der Waals surface area contributed by atoms with Crippen molar-refractivity contribution in [1.29, 1.82) is 0 Å². The highest BCUT2D eigenvalue weighted by molar-refractivity contribution is 5.59. The Bertz CT molecular complexity index is 380. The van der Waals surface area contributed by atoms with Crippen LogP contribution in [0, 0.1) is 5.41 Å². The second-order valence-corrected chi connectivity index (χ2v) is 6.08. The van der Waals surface area contributed by atoms with Gasteiger partial charge in [-0.1, -0.05) is 34.6 Å². The zero-order chi connectivity index (χ0) is 13.8. The summed E-state index contributed by atoms with van der Waals surface area (Å²) < 4.78 is 0. The molecule has 0 fully saturated rings. The molecule has 0 aliphatic rings. The Kier molecular flexibility index (Phi) is 4.93. The van der Waals surface area contributed by atoms with E-state index in [2.05, 4.69) is 62.1 Å². The second kappa shape index (κ2) is 6.03. The maximum atomic E-state index is 4.38. The fraction of sp³-hybridized carbons (Fsp3) is 0.714. The topological polar surface area (TPSA) is 49.8 Å². The van der Waals surface area contributed by atoms with Gasteiger partial charge in [-0.05, 0) is 18.3 Å². The summed E-state index contributed by atoms with van der Waals surface area (Å²) in [5.41, 5.74) is 1.40. The lowest BCUT2D eigenvalue weighted by atomic mass is 9.96. The van der Waals surface area contributed by atoms with Crippen LogP contribution in [0.1, 0.15) is 53.0 Å². The monoisotopic (exact) mass is 250 g/mol. The van der Waals surface area contributed by atoms with Gasteiger partial charge < -0.3 is 10.6 Å². The summed E-state index contributed by atoms with van der Waals surface area (Å²) in [5, 5.41) is 6.75. The molecule has 4 nitrogen and oxygen atoms in total. The number of rotatable bonds is 5. The normalized spacial score (nSPS) is 11.7. The minimum Gasteiger partial charge on any atom is -0.370 e. The van der Waals surface area contributed by atoms with Gasteiger partial charge in [0.2, 0.25) is 0 Å². The predicted octanol–water partition coefficient (Wildman–Crippen LogP) is 3.49. The number of aromatic nitrogens is 2. The van der Waals surface area contributed by atoms with Crippen LogP contribution in [0.25, 0.3) is 0 Å². The lowest BCUT2D eigenvalue weighted by Gasteiger charge is -2.22. The minimum atomic E-state index is 0.234. The molecule has 0 unspecified atom stereocenters. The van der Waals surface area contributed by atoms with Crippen LogP contribution in [0.2, 0.25) is 0 Å². The van der Waals surface area contributed by atoms with Crippen molar-refractivity contribution in [1.82, 2.24) is 9.97 Å². The molecule has 1 aromatic rings. The summed E-state index contributed by atoms with van der Waals surface area (Å²) in [6, 6.07) is 0. The van der Waals surface area contributed by atoms with Crippen LogP contribution < -0.4 is 10.6 Å². The minimum absolute atomic E-state index is 0.234. The van der Waals surface area contributed by atoms with E-state index >= 15 is 0 Å². The van der Waals surface area contributed by atoms with Gasteiger partial charge in [0.1, 0.15) is 18.0 Å². The van der Waals surface area contributed by atoms with Gasteiger partial charge in [-0.15, -0.1) is 0 Å². The molecule has 0 aliphatic carbocycles.